The van der Waals surface area contributed by atoms with E-state index in [1.165, 1.54) is 0 Å². The highest BCUT2D eigenvalue weighted by Crippen LogP contribution is 2.29. The zero-order valence-electron chi connectivity index (χ0n) is 22.4. The number of rotatable bonds is 16. The molecule has 0 saturated heterocycles. The van der Waals surface area contributed by atoms with E-state index < -0.39 is 17.5 Å². The number of hydrogen-bond donors (Lipinski definition) is 3. The molecular formula is C30H44N2O5. The molecule has 7 heteroatoms. The molecule has 3 atom stereocenters. The molecule has 1 aromatic carbocycles. The Labute approximate surface area is 221 Å². The molecule has 0 spiro atoms. The van der Waals surface area contributed by atoms with Crippen LogP contribution in [0.5, 0.6) is 0 Å². The molecule has 0 heterocycles. The van der Waals surface area contributed by atoms with Crippen LogP contribution in [0.1, 0.15) is 64.4 Å². The molecule has 37 heavy (non-hydrogen) atoms. The van der Waals surface area contributed by atoms with E-state index in [0.717, 1.165) is 31.2 Å². The fourth-order valence-electron chi connectivity index (χ4n) is 4.78. The van der Waals surface area contributed by atoms with Gasteiger partial charge in [-0.15, -0.1) is 13.2 Å². The van der Waals surface area contributed by atoms with E-state index in [1.54, 1.807) is 12.2 Å². The molecule has 1 fully saturated rings. The summed E-state index contributed by atoms with van der Waals surface area (Å²) < 4.78 is 5.66. The Morgan fingerprint density at radius 3 is 2.24 bits per heavy atom. The predicted molar refractivity (Wildman–Crippen MR) is 146 cm³/mol. The zero-order chi connectivity index (χ0) is 27.3. The molecule has 0 bridgehead atoms. The second-order valence-electron chi connectivity index (χ2n) is 10.5. The van der Waals surface area contributed by atoms with Crippen LogP contribution in [-0.4, -0.2) is 47.7 Å². The van der Waals surface area contributed by atoms with Gasteiger partial charge in [0.2, 0.25) is 11.8 Å². The highest BCUT2D eigenvalue weighted by Gasteiger charge is 2.35. The van der Waals surface area contributed by atoms with Crippen molar-refractivity contribution in [2.45, 2.75) is 76.8 Å². The maximum absolute atomic E-state index is 13.2. The number of benzene rings is 1. The van der Waals surface area contributed by atoms with E-state index in [2.05, 4.69) is 23.8 Å². The Morgan fingerprint density at radius 1 is 1.05 bits per heavy atom. The van der Waals surface area contributed by atoms with Crippen molar-refractivity contribution in [3.05, 3.63) is 61.2 Å². The first-order chi connectivity index (χ1) is 17.7. The lowest BCUT2D eigenvalue weighted by Gasteiger charge is -2.29. The van der Waals surface area contributed by atoms with E-state index in [1.807, 2.05) is 44.2 Å². The summed E-state index contributed by atoms with van der Waals surface area (Å²) in [5.41, 5.74) is 0.467. The van der Waals surface area contributed by atoms with Gasteiger partial charge in [-0.3, -0.25) is 14.4 Å². The number of allylic oxidation sites excluding steroid dienone is 2. The van der Waals surface area contributed by atoms with Crippen LogP contribution in [0.25, 0.3) is 0 Å². The maximum atomic E-state index is 13.2. The number of hydrogen-bond acceptors (Lipinski definition) is 5. The first kappa shape index (κ1) is 30.3. The molecule has 0 radical (unpaired) electrons. The van der Waals surface area contributed by atoms with Crippen LogP contribution in [0.4, 0.5) is 0 Å². The highest BCUT2D eigenvalue weighted by atomic mass is 16.5. The van der Waals surface area contributed by atoms with Gasteiger partial charge in [0, 0.05) is 6.42 Å². The van der Waals surface area contributed by atoms with Gasteiger partial charge in [-0.1, -0.05) is 69.2 Å². The Hall–Kier alpha value is -2.93. The second-order valence-corrected chi connectivity index (χ2v) is 10.5. The highest BCUT2D eigenvalue weighted by molar-refractivity contribution is 5.86. The molecule has 3 unspecified atom stereocenters. The van der Waals surface area contributed by atoms with Crippen LogP contribution in [-0.2, 0) is 25.5 Å². The monoisotopic (exact) mass is 512 g/mol. The summed E-state index contributed by atoms with van der Waals surface area (Å²) in [6.07, 6.45) is 8.15. The SMILES string of the molecule is C=CCC(CC(=O)NC1(CO)CCCC1)C(=O)NC(COC(=O)C(CC=C)Cc1ccccc1)C(C)C. The molecule has 3 N–H and O–H groups in total. The number of aliphatic hydroxyl groups is 1. The summed E-state index contributed by atoms with van der Waals surface area (Å²) in [5, 5.41) is 15.7. The van der Waals surface area contributed by atoms with E-state index in [-0.39, 0.29) is 49.3 Å². The molecule has 0 aromatic heterocycles. The van der Waals surface area contributed by atoms with Crippen molar-refractivity contribution in [3.63, 3.8) is 0 Å². The van der Waals surface area contributed by atoms with Crippen molar-refractivity contribution in [3.8, 4) is 0 Å². The molecule has 2 amide bonds. The normalized spacial score (nSPS) is 16.9. The molecule has 2 rings (SSSR count). The average Bonchev–Trinajstić information content (AvgIpc) is 3.34. The van der Waals surface area contributed by atoms with Gasteiger partial charge in [0.15, 0.2) is 0 Å². The van der Waals surface area contributed by atoms with Crippen LogP contribution < -0.4 is 10.6 Å². The summed E-state index contributed by atoms with van der Waals surface area (Å²) in [5.74, 6) is -1.79. The van der Waals surface area contributed by atoms with Crippen LogP contribution in [0.15, 0.2) is 55.6 Å². The summed E-state index contributed by atoms with van der Waals surface area (Å²) >= 11 is 0. The fraction of sp³-hybridized carbons (Fsp3) is 0.567. The van der Waals surface area contributed by atoms with Gasteiger partial charge < -0.3 is 20.5 Å². The Bertz CT molecular complexity index is 892. The average molecular weight is 513 g/mol. The van der Waals surface area contributed by atoms with Crippen LogP contribution in [0, 0.1) is 17.8 Å². The summed E-state index contributed by atoms with van der Waals surface area (Å²) in [7, 11) is 0. The topological polar surface area (TPSA) is 105 Å². The summed E-state index contributed by atoms with van der Waals surface area (Å²) in [6.45, 7) is 11.4. The number of carbonyl (C=O) groups is 3. The second kappa shape index (κ2) is 15.4. The van der Waals surface area contributed by atoms with Gasteiger partial charge in [0.1, 0.15) is 6.61 Å². The number of aliphatic hydroxyl groups excluding tert-OH is 1. The number of ether oxygens (including phenoxy) is 1. The Kier molecular flexibility index (Phi) is 12.6. The van der Waals surface area contributed by atoms with Crippen molar-refractivity contribution < 1.29 is 24.2 Å². The third kappa shape index (κ3) is 9.80. The first-order valence-corrected chi connectivity index (χ1v) is 13.4. The lowest BCUT2D eigenvalue weighted by atomic mass is 9.95. The number of carbonyl (C=O) groups excluding carboxylic acids is 3. The minimum absolute atomic E-state index is 0.00267. The van der Waals surface area contributed by atoms with E-state index >= 15 is 0 Å². The Balaban J connectivity index is 1.97. The van der Waals surface area contributed by atoms with Gasteiger partial charge in [-0.2, -0.15) is 0 Å². The van der Waals surface area contributed by atoms with Crippen molar-refractivity contribution >= 4 is 17.8 Å². The molecular weight excluding hydrogens is 468 g/mol. The standard InChI is InChI=1S/C30H44N2O5/c1-5-12-24(19-27(34)32-30(21-33)16-10-11-17-30)28(35)31-26(22(3)4)20-37-29(36)25(13-6-2)18-23-14-8-7-9-15-23/h5-9,14-15,22,24-26,33H,1-2,10-13,16-21H2,3-4H3,(H,31,35)(H,32,34). The molecule has 1 aromatic rings. The fourth-order valence-corrected chi connectivity index (χ4v) is 4.78. The van der Waals surface area contributed by atoms with E-state index in [0.29, 0.717) is 19.3 Å². The molecule has 204 valence electrons. The minimum Gasteiger partial charge on any atom is -0.463 e. The molecule has 1 aliphatic carbocycles. The molecule has 0 aliphatic heterocycles. The minimum atomic E-state index is -0.599. The third-order valence-corrected chi connectivity index (χ3v) is 7.17. The lowest BCUT2D eigenvalue weighted by molar-refractivity contribution is -0.150. The smallest absolute Gasteiger partial charge is 0.309 e. The molecule has 1 saturated carbocycles. The van der Waals surface area contributed by atoms with Crippen LogP contribution in [0.2, 0.25) is 0 Å². The van der Waals surface area contributed by atoms with Crippen molar-refractivity contribution in [1.29, 1.82) is 0 Å². The van der Waals surface area contributed by atoms with Gasteiger partial charge in [-0.25, -0.2) is 0 Å². The third-order valence-electron chi connectivity index (χ3n) is 7.17. The van der Waals surface area contributed by atoms with Gasteiger partial charge in [0.05, 0.1) is 30.0 Å². The molecule has 7 nitrogen and oxygen atoms in total. The largest absolute Gasteiger partial charge is 0.463 e. The van der Waals surface area contributed by atoms with Gasteiger partial charge in [-0.05, 0) is 43.6 Å². The van der Waals surface area contributed by atoms with E-state index in [4.69, 9.17) is 4.74 Å². The zero-order valence-corrected chi connectivity index (χ0v) is 22.4. The first-order valence-electron chi connectivity index (χ1n) is 13.4. The summed E-state index contributed by atoms with van der Waals surface area (Å²) in [6, 6.07) is 9.37. The number of amides is 2. The van der Waals surface area contributed by atoms with Crippen molar-refractivity contribution in [2.24, 2.45) is 17.8 Å². The van der Waals surface area contributed by atoms with Crippen LogP contribution >= 0.6 is 0 Å². The van der Waals surface area contributed by atoms with Crippen LogP contribution in [0.3, 0.4) is 0 Å². The number of nitrogens with one attached hydrogen (secondary N) is 2. The van der Waals surface area contributed by atoms with Crippen molar-refractivity contribution in [1.82, 2.24) is 10.6 Å². The number of esters is 1. The predicted octanol–water partition coefficient (Wildman–Crippen LogP) is 4.11. The quantitative estimate of drug-likeness (QED) is 0.228. The molecule has 1 aliphatic rings. The maximum Gasteiger partial charge on any atom is 0.309 e. The van der Waals surface area contributed by atoms with Gasteiger partial charge >= 0.3 is 5.97 Å². The van der Waals surface area contributed by atoms with Crippen molar-refractivity contribution in [2.75, 3.05) is 13.2 Å². The lowest BCUT2D eigenvalue weighted by Crippen LogP contribution is -2.51. The summed E-state index contributed by atoms with van der Waals surface area (Å²) in [4.78, 5) is 38.8. The van der Waals surface area contributed by atoms with Gasteiger partial charge in [0.25, 0.3) is 0 Å². The van der Waals surface area contributed by atoms with E-state index in [9.17, 15) is 19.5 Å². The Morgan fingerprint density at radius 2 is 1.68 bits per heavy atom.